The number of carboxylic acid groups (broad SMARTS) is 1. The van der Waals surface area contributed by atoms with E-state index in [0.717, 1.165) is 0 Å². The summed E-state index contributed by atoms with van der Waals surface area (Å²) >= 11 is 0. The Bertz CT molecular complexity index is 302. The van der Waals surface area contributed by atoms with Crippen LogP contribution in [0.15, 0.2) is 0 Å². The zero-order chi connectivity index (χ0) is 12.6. The predicted octanol–water partition coefficient (Wildman–Crippen LogP) is -0.958. The number of hydrogen-bond acceptors (Lipinski definition) is 5. The minimum Gasteiger partial charge on any atom is -0.479 e. The van der Waals surface area contributed by atoms with Gasteiger partial charge in [-0.05, 0) is 6.92 Å². The van der Waals surface area contributed by atoms with Gasteiger partial charge < -0.3 is 14.6 Å². The Hall–Kier alpha value is -0.700. The van der Waals surface area contributed by atoms with Crippen molar-refractivity contribution in [3.63, 3.8) is 0 Å². The van der Waals surface area contributed by atoms with Crippen molar-refractivity contribution in [3.05, 3.63) is 0 Å². The van der Waals surface area contributed by atoms with E-state index in [-0.39, 0.29) is 18.9 Å². The lowest BCUT2D eigenvalue weighted by Gasteiger charge is -2.11. The standard InChI is InChI=1S/C8H17NO6S/c1-3-15-4-5-16(12,13)9-6-7(14-2)8(10)11/h7,9H,3-6H2,1-2H3,(H,10,11). The second kappa shape index (κ2) is 7.55. The van der Waals surface area contributed by atoms with Gasteiger partial charge >= 0.3 is 5.97 Å². The van der Waals surface area contributed by atoms with Crippen LogP contribution in [-0.2, 0) is 24.3 Å². The molecule has 0 amide bonds. The van der Waals surface area contributed by atoms with Crippen LogP contribution in [-0.4, -0.2) is 58.2 Å². The summed E-state index contributed by atoms with van der Waals surface area (Å²) in [4.78, 5) is 10.5. The van der Waals surface area contributed by atoms with Gasteiger partial charge in [-0.2, -0.15) is 0 Å². The molecular formula is C8H17NO6S. The van der Waals surface area contributed by atoms with Gasteiger partial charge in [-0.1, -0.05) is 0 Å². The normalized spacial score (nSPS) is 13.6. The van der Waals surface area contributed by atoms with Gasteiger partial charge in [-0.3, -0.25) is 0 Å². The summed E-state index contributed by atoms with van der Waals surface area (Å²) in [7, 11) is -2.31. The van der Waals surface area contributed by atoms with Gasteiger partial charge in [0.25, 0.3) is 0 Å². The summed E-state index contributed by atoms with van der Waals surface area (Å²) < 4.78 is 34.2. The third-order valence-corrected chi connectivity index (χ3v) is 3.06. The molecule has 0 spiro atoms. The molecule has 0 aromatic heterocycles. The van der Waals surface area contributed by atoms with Gasteiger partial charge in [0.15, 0.2) is 6.10 Å². The Labute approximate surface area is 94.8 Å². The monoisotopic (exact) mass is 255 g/mol. The minimum atomic E-state index is -3.51. The number of carboxylic acids is 1. The molecule has 0 fully saturated rings. The lowest BCUT2D eigenvalue weighted by molar-refractivity contribution is -0.147. The molecule has 0 aromatic carbocycles. The van der Waals surface area contributed by atoms with E-state index in [9.17, 15) is 13.2 Å². The number of aliphatic carboxylic acids is 1. The van der Waals surface area contributed by atoms with Gasteiger partial charge in [-0.25, -0.2) is 17.9 Å². The lowest BCUT2D eigenvalue weighted by atomic mass is 10.4. The lowest BCUT2D eigenvalue weighted by Crippen LogP contribution is -2.39. The molecule has 7 nitrogen and oxygen atoms in total. The molecule has 2 N–H and O–H groups in total. The quantitative estimate of drug-likeness (QED) is 0.515. The average molecular weight is 255 g/mol. The summed E-state index contributed by atoms with van der Waals surface area (Å²) in [5.74, 6) is -1.41. The Kier molecular flexibility index (Phi) is 7.22. The smallest absolute Gasteiger partial charge is 0.334 e. The molecule has 8 heteroatoms. The van der Waals surface area contributed by atoms with Crippen LogP contribution in [0.2, 0.25) is 0 Å². The van der Waals surface area contributed by atoms with Crippen LogP contribution in [0.25, 0.3) is 0 Å². The van der Waals surface area contributed by atoms with E-state index >= 15 is 0 Å². The number of nitrogens with one attached hydrogen (secondary N) is 1. The second-order valence-corrected chi connectivity index (χ2v) is 4.85. The highest BCUT2D eigenvalue weighted by Crippen LogP contribution is 1.91. The highest BCUT2D eigenvalue weighted by molar-refractivity contribution is 7.89. The van der Waals surface area contributed by atoms with E-state index in [4.69, 9.17) is 9.84 Å². The van der Waals surface area contributed by atoms with E-state index in [1.165, 1.54) is 7.11 Å². The fourth-order valence-electron chi connectivity index (χ4n) is 0.859. The molecule has 0 bridgehead atoms. The maximum Gasteiger partial charge on any atom is 0.334 e. The Morgan fingerprint density at radius 2 is 2.12 bits per heavy atom. The van der Waals surface area contributed by atoms with Crippen molar-refractivity contribution >= 4 is 16.0 Å². The zero-order valence-corrected chi connectivity index (χ0v) is 10.1. The number of methoxy groups -OCH3 is 1. The van der Waals surface area contributed by atoms with Crippen molar-refractivity contribution in [3.8, 4) is 0 Å². The van der Waals surface area contributed by atoms with Gasteiger partial charge in [0.2, 0.25) is 10.0 Å². The Balaban J connectivity index is 4.02. The molecule has 16 heavy (non-hydrogen) atoms. The maximum atomic E-state index is 11.3. The average Bonchev–Trinajstić information content (AvgIpc) is 2.18. The highest BCUT2D eigenvalue weighted by Gasteiger charge is 2.19. The van der Waals surface area contributed by atoms with Crippen molar-refractivity contribution < 1.29 is 27.8 Å². The van der Waals surface area contributed by atoms with Crippen LogP contribution in [0.3, 0.4) is 0 Å². The SMILES string of the molecule is CCOCCS(=O)(=O)NCC(OC)C(=O)O. The molecule has 1 unspecified atom stereocenters. The number of sulfonamides is 1. The van der Waals surface area contributed by atoms with Crippen molar-refractivity contribution in [2.45, 2.75) is 13.0 Å². The molecular weight excluding hydrogens is 238 g/mol. The number of ether oxygens (including phenoxy) is 2. The van der Waals surface area contributed by atoms with E-state index in [1.807, 2.05) is 0 Å². The highest BCUT2D eigenvalue weighted by atomic mass is 32.2. The van der Waals surface area contributed by atoms with E-state index in [0.29, 0.717) is 6.61 Å². The van der Waals surface area contributed by atoms with Gasteiger partial charge in [0.05, 0.1) is 12.4 Å². The van der Waals surface area contributed by atoms with Crippen LogP contribution in [0.5, 0.6) is 0 Å². The number of carbonyl (C=O) groups is 1. The van der Waals surface area contributed by atoms with Crippen molar-refractivity contribution in [1.82, 2.24) is 4.72 Å². The zero-order valence-electron chi connectivity index (χ0n) is 9.30. The first-order valence-corrected chi connectivity index (χ1v) is 6.39. The summed E-state index contributed by atoms with van der Waals surface area (Å²) in [5, 5.41) is 8.60. The minimum absolute atomic E-state index is 0.0799. The second-order valence-electron chi connectivity index (χ2n) is 2.93. The van der Waals surface area contributed by atoms with Crippen LogP contribution in [0.1, 0.15) is 6.92 Å². The van der Waals surface area contributed by atoms with Crippen LogP contribution < -0.4 is 4.72 Å². The van der Waals surface area contributed by atoms with Gasteiger partial charge in [0, 0.05) is 20.3 Å². The molecule has 1 atom stereocenters. The van der Waals surface area contributed by atoms with Gasteiger partial charge in [0.1, 0.15) is 0 Å². The molecule has 0 aromatic rings. The van der Waals surface area contributed by atoms with Crippen molar-refractivity contribution in [2.75, 3.05) is 32.6 Å². The first-order chi connectivity index (χ1) is 7.43. The first kappa shape index (κ1) is 15.3. The Morgan fingerprint density at radius 3 is 2.56 bits per heavy atom. The third-order valence-electron chi connectivity index (χ3n) is 1.75. The van der Waals surface area contributed by atoms with E-state index in [1.54, 1.807) is 6.92 Å². The first-order valence-electron chi connectivity index (χ1n) is 4.73. The third kappa shape index (κ3) is 6.72. The van der Waals surface area contributed by atoms with Crippen molar-refractivity contribution in [1.29, 1.82) is 0 Å². The fourth-order valence-corrected chi connectivity index (χ4v) is 1.75. The van der Waals surface area contributed by atoms with Crippen LogP contribution in [0, 0.1) is 0 Å². The molecule has 0 saturated heterocycles. The molecule has 0 saturated carbocycles. The molecule has 0 aliphatic heterocycles. The molecule has 0 radical (unpaired) electrons. The van der Waals surface area contributed by atoms with Crippen molar-refractivity contribution in [2.24, 2.45) is 0 Å². The maximum absolute atomic E-state index is 11.3. The summed E-state index contributed by atoms with van der Waals surface area (Å²) in [6.45, 7) is 1.98. The molecule has 0 aliphatic rings. The summed E-state index contributed by atoms with van der Waals surface area (Å²) in [6.07, 6.45) is -1.18. The largest absolute Gasteiger partial charge is 0.479 e. The predicted molar refractivity (Wildman–Crippen MR) is 56.7 cm³/mol. The van der Waals surface area contributed by atoms with Gasteiger partial charge in [-0.15, -0.1) is 0 Å². The van der Waals surface area contributed by atoms with E-state index < -0.39 is 22.1 Å². The summed E-state index contributed by atoms with van der Waals surface area (Å²) in [6, 6.07) is 0. The van der Waals surface area contributed by atoms with E-state index in [2.05, 4.69) is 9.46 Å². The molecule has 0 heterocycles. The topological polar surface area (TPSA) is 102 Å². The Morgan fingerprint density at radius 1 is 1.50 bits per heavy atom. The fraction of sp³-hybridized carbons (Fsp3) is 0.875. The number of rotatable bonds is 9. The molecule has 0 rings (SSSR count). The van der Waals surface area contributed by atoms with Crippen LogP contribution >= 0.6 is 0 Å². The summed E-state index contributed by atoms with van der Waals surface area (Å²) in [5.41, 5.74) is 0. The number of hydrogen-bond donors (Lipinski definition) is 2. The van der Waals surface area contributed by atoms with Crippen LogP contribution in [0.4, 0.5) is 0 Å². The molecule has 0 aliphatic carbocycles. The molecule has 96 valence electrons.